The molecule has 2 fully saturated rings. The monoisotopic (exact) mass is 279 g/mol. The highest BCUT2D eigenvalue weighted by Gasteiger charge is 2.41. The Morgan fingerprint density at radius 3 is 2.59 bits per heavy atom. The summed E-state index contributed by atoms with van der Waals surface area (Å²) in [5.74, 6) is 1.34. The SMILES string of the molecule is CCCCS(=O)(=O)N1CCC2(CC1)OCCS2. The number of ether oxygens (including phenoxy) is 1. The Labute approximate surface area is 108 Å². The van der Waals surface area contributed by atoms with E-state index in [2.05, 4.69) is 0 Å². The molecule has 100 valence electrons. The molecule has 0 atom stereocenters. The first kappa shape index (κ1) is 13.6. The molecular formula is C11H21NO3S2. The fourth-order valence-electron chi connectivity index (χ4n) is 2.35. The Morgan fingerprint density at radius 2 is 2.06 bits per heavy atom. The van der Waals surface area contributed by atoms with E-state index in [1.54, 1.807) is 4.31 Å². The highest BCUT2D eigenvalue weighted by atomic mass is 32.2. The zero-order valence-corrected chi connectivity index (χ0v) is 12.0. The molecule has 6 heteroatoms. The van der Waals surface area contributed by atoms with Crippen LogP contribution in [0.1, 0.15) is 32.6 Å². The van der Waals surface area contributed by atoms with Gasteiger partial charge in [-0.2, -0.15) is 0 Å². The minimum Gasteiger partial charge on any atom is -0.363 e. The minimum absolute atomic E-state index is 0.0726. The van der Waals surface area contributed by atoms with Gasteiger partial charge in [-0.3, -0.25) is 0 Å². The molecule has 2 rings (SSSR count). The molecule has 2 saturated heterocycles. The van der Waals surface area contributed by atoms with Gasteiger partial charge in [0.2, 0.25) is 10.0 Å². The van der Waals surface area contributed by atoms with Crippen LogP contribution in [0.4, 0.5) is 0 Å². The number of piperidine rings is 1. The van der Waals surface area contributed by atoms with E-state index in [1.165, 1.54) is 0 Å². The fourth-order valence-corrected chi connectivity index (χ4v) is 5.17. The molecule has 0 aromatic heterocycles. The number of thioether (sulfide) groups is 1. The van der Waals surface area contributed by atoms with Gasteiger partial charge < -0.3 is 4.74 Å². The highest BCUT2D eigenvalue weighted by Crippen LogP contribution is 2.41. The third-order valence-corrected chi connectivity index (χ3v) is 6.83. The second-order valence-electron chi connectivity index (χ2n) is 4.68. The first-order valence-electron chi connectivity index (χ1n) is 6.34. The molecule has 0 aromatic rings. The van der Waals surface area contributed by atoms with Crippen LogP contribution in [0.15, 0.2) is 0 Å². The molecule has 0 aromatic carbocycles. The standard InChI is InChI=1S/C11H21NO3S2/c1-2-3-10-17(13,14)12-6-4-11(5-7-12)15-8-9-16-11/h2-10H2,1H3. The summed E-state index contributed by atoms with van der Waals surface area (Å²) in [6, 6.07) is 0. The third-order valence-electron chi connectivity index (χ3n) is 3.45. The highest BCUT2D eigenvalue weighted by molar-refractivity contribution is 8.00. The molecule has 0 radical (unpaired) electrons. The first-order valence-corrected chi connectivity index (χ1v) is 8.93. The Morgan fingerprint density at radius 1 is 1.35 bits per heavy atom. The van der Waals surface area contributed by atoms with E-state index in [4.69, 9.17) is 4.74 Å². The molecule has 0 N–H and O–H groups in total. The van der Waals surface area contributed by atoms with Crippen molar-refractivity contribution in [2.45, 2.75) is 37.5 Å². The predicted molar refractivity (Wildman–Crippen MR) is 70.6 cm³/mol. The van der Waals surface area contributed by atoms with Crippen LogP contribution in [0.25, 0.3) is 0 Å². The van der Waals surface area contributed by atoms with Gasteiger partial charge >= 0.3 is 0 Å². The van der Waals surface area contributed by atoms with Crippen LogP contribution in [0.5, 0.6) is 0 Å². The zero-order valence-electron chi connectivity index (χ0n) is 10.4. The normalized spacial score (nSPS) is 25.5. The van der Waals surface area contributed by atoms with E-state index in [1.807, 2.05) is 18.7 Å². The van der Waals surface area contributed by atoms with E-state index in [0.29, 0.717) is 18.8 Å². The average Bonchev–Trinajstić information content (AvgIpc) is 2.76. The molecule has 2 aliphatic rings. The maximum atomic E-state index is 12.0. The van der Waals surface area contributed by atoms with E-state index in [0.717, 1.165) is 38.0 Å². The quantitative estimate of drug-likeness (QED) is 0.785. The predicted octanol–water partition coefficient (Wildman–Crippen LogP) is 1.67. The van der Waals surface area contributed by atoms with E-state index in [-0.39, 0.29) is 4.93 Å². The Hall–Kier alpha value is 0.220. The smallest absolute Gasteiger partial charge is 0.214 e. The maximum absolute atomic E-state index is 12.0. The lowest BCUT2D eigenvalue weighted by Gasteiger charge is -2.37. The Balaban J connectivity index is 1.90. The summed E-state index contributed by atoms with van der Waals surface area (Å²) in [7, 11) is -3.02. The number of rotatable bonds is 4. The number of sulfonamides is 1. The lowest BCUT2D eigenvalue weighted by atomic mass is 10.1. The summed E-state index contributed by atoms with van der Waals surface area (Å²) < 4.78 is 31.5. The summed E-state index contributed by atoms with van der Waals surface area (Å²) >= 11 is 1.85. The van der Waals surface area contributed by atoms with Gasteiger partial charge in [0.05, 0.1) is 12.4 Å². The largest absolute Gasteiger partial charge is 0.363 e. The molecular weight excluding hydrogens is 258 g/mol. The molecule has 0 saturated carbocycles. The van der Waals surface area contributed by atoms with Crippen LogP contribution in [0.2, 0.25) is 0 Å². The Bertz CT molecular complexity index is 340. The van der Waals surface area contributed by atoms with Gasteiger partial charge in [-0.05, 0) is 19.3 Å². The lowest BCUT2D eigenvalue weighted by Crippen LogP contribution is -2.45. The van der Waals surface area contributed by atoms with Crippen LogP contribution in [-0.4, -0.2) is 48.9 Å². The summed E-state index contributed by atoms with van der Waals surface area (Å²) in [6.07, 6.45) is 3.36. The summed E-state index contributed by atoms with van der Waals surface area (Å²) in [6.45, 7) is 4.08. The van der Waals surface area contributed by atoms with Gasteiger partial charge in [-0.1, -0.05) is 13.3 Å². The van der Waals surface area contributed by atoms with Crippen molar-refractivity contribution in [3.05, 3.63) is 0 Å². The topological polar surface area (TPSA) is 46.6 Å². The second-order valence-corrected chi connectivity index (χ2v) is 8.21. The van der Waals surface area contributed by atoms with Gasteiger partial charge in [-0.15, -0.1) is 11.8 Å². The molecule has 0 amide bonds. The summed E-state index contributed by atoms with van der Waals surface area (Å²) in [4.78, 5) is -0.0726. The Kier molecular flexibility index (Phi) is 4.39. The van der Waals surface area contributed by atoms with E-state index in [9.17, 15) is 8.42 Å². The van der Waals surface area contributed by atoms with Gasteiger partial charge in [0.15, 0.2) is 0 Å². The van der Waals surface area contributed by atoms with Crippen molar-refractivity contribution >= 4 is 21.8 Å². The van der Waals surface area contributed by atoms with Gasteiger partial charge in [0.1, 0.15) is 4.93 Å². The zero-order chi connectivity index (χ0) is 12.4. The molecule has 0 aliphatic carbocycles. The van der Waals surface area contributed by atoms with Crippen molar-refractivity contribution < 1.29 is 13.2 Å². The molecule has 17 heavy (non-hydrogen) atoms. The molecule has 2 aliphatic heterocycles. The van der Waals surface area contributed by atoms with Crippen molar-refractivity contribution in [3.8, 4) is 0 Å². The molecule has 2 heterocycles. The molecule has 4 nitrogen and oxygen atoms in total. The van der Waals surface area contributed by atoms with Crippen molar-refractivity contribution in [1.82, 2.24) is 4.31 Å². The van der Waals surface area contributed by atoms with Crippen molar-refractivity contribution in [2.24, 2.45) is 0 Å². The van der Waals surface area contributed by atoms with Gasteiger partial charge in [-0.25, -0.2) is 12.7 Å². The summed E-state index contributed by atoms with van der Waals surface area (Å²) in [5.41, 5.74) is 0. The number of hydrogen-bond donors (Lipinski definition) is 0. The number of nitrogens with zero attached hydrogens (tertiary/aromatic N) is 1. The number of hydrogen-bond acceptors (Lipinski definition) is 4. The van der Waals surface area contributed by atoms with E-state index >= 15 is 0 Å². The first-order chi connectivity index (χ1) is 8.08. The van der Waals surface area contributed by atoms with Crippen molar-refractivity contribution in [1.29, 1.82) is 0 Å². The minimum atomic E-state index is -3.02. The van der Waals surface area contributed by atoms with Crippen LogP contribution in [-0.2, 0) is 14.8 Å². The fraction of sp³-hybridized carbons (Fsp3) is 1.00. The third kappa shape index (κ3) is 3.16. The average molecular weight is 279 g/mol. The van der Waals surface area contributed by atoms with Crippen LogP contribution < -0.4 is 0 Å². The van der Waals surface area contributed by atoms with Crippen molar-refractivity contribution in [2.75, 3.05) is 31.2 Å². The van der Waals surface area contributed by atoms with Crippen LogP contribution in [0.3, 0.4) is 0 Å². The molecule has 0 bridgehead atoms. The van der Waals surface area contributed by atoms with E-state index < -0.39 is 10.0 Å². The van der Waals surface area contributed by atoms with Crippen molar-refractivity contribution in [3.63, 3.8) is 0 Å². The maximum Gasteiger partial charge on any atom is 0.214 e. The summed E-state index contributed by atoms with van der Waals surface area (Å²) in [5, 5.41) is 0. The molecule has 0 unspecified atom stereocenters. The molecule has 1 spiro atoms. The van der Waals surface area contributed by atoms with Gasteiger partial charge in [0.25, 0.3) is 0 Å². The second kappa shape index (κ2) is 5.47. The van der Waals surface area contributed by atoms with Crippen LogP contribution >= 0.6 is 11.8 Å². The number of unbranched alkanes of at least 4 members (excludes halogenated alkanes) is 1. The van der Waals surface area contributed by atoms with Gasteiger partial charge in [0, 0.05) is 18.8 Å². The van der Waals surface area contributed by atoms with Crippen LogP contribution in [0, 0.1) is 0 Å². The lowest BCUT2D eigenvalue weighted by molar-refractivity contribution is 0.0162.